The molecule has 1 atom stereocenters. The van der Waals surface area contributed by atoms with E-state index in [9.17, 15) is 18.3 Å². The van der Waals surface area contributed by atoms with Gasteiger partial charge in [-0.25, -0.2) is 0 Å². The van der Waals surface area contributed by atoms with Gasteiger partial charge in [-0.15, -0.1) is 5.54 Å². The highest BCUT2D eigenvalue weighted by atomic mass is 28.1. The summed E-state index contributed by atoms with van der Waals surface area (Å²) < 4.78 is 39.2. The molecule has 3 radical (unpaired) electrons. The molecule has 1 rings (SSSR count). The second kappa shape index (κ2) is 5.03. The van der Waals surface area contributed by atoms with Gasteiger partial charge in [-0.1, -0.05) is 24.1 Å². The summed E-state index contributed by atoms with van der Waals surface area (Å²) in [7, 11) is 2.95. The van der Waals surface area contributed by atoms with E-state index in [0.29, 0.717) is 0 Å². The minimum Gasteiger partial charge on any atom is -0.389 e. The Bertz CT molecular complexity index is 520. The zero-order valence-electron chi connectivity index (χ0n) is 10.9. The lowest BCUT2D eigenvalue weighted by Crippen LogP contribution is -2.45. The highest BCUT2D eigenvalue weighted by Crippen LogP contribution is 2.42. The number of rotatable bonds is 2. The van der Waals surface area contributed by atoms with Crippen LogP contribution in [-0.2, 0) is 11.6 Å². The predicted molar refractivity (Wildman–Crippen MR) is 68.6 cm³/mol. The fourth-order valence-electron chi connectivity index (χ4n) is 1.84. The fraction of sp³-hybridized carbons (Fsp3) is 0.429. The van der Waals surface area contributed by atoms with E-state index in [1.165, 1.54) is 39.0 Å². The van der Waals surface area contributed by atoms with Crippen LogP contribution in [0.15, 0.2) is 24.3 Å². The van der Waals surface area contributed by atoms with Crippen LogP contribution in [-0.4, -0.2) is 21.0 Å². The highest BCUT2D eigenvalue weighted by molar-refractivity contribution is 6.22. The first kappa shape index (κ1) is 15.8. The van der Waals surface area contributed by atoms with Crippen LogP contribution in [0.2, 0.25) is 0 Å². The summed E-state index contributed by atoms with van der Waals surface area (Å²) >= 11 is 0. The maximum absolute atomic E-state index is 13.1. The van der Waals surface area contributed by atoms with E-state index in [4.69, 9.17) is 0 Å². The number of alkyl halides is 3. The molecule has 1 N–H and O–H groups in total. The van der Waals surface area contributed by atoms with Crippen molar-refractivity contribution in [2.75, 3.05) is 0 Å². The molecule has 1 unspecified atom stereocenters. The lowest BCUT2D eigenvalue weighted by Gasteiger charge is -2.38. The van der Waals surface area contributed by atoms with E-state index in [0.717, 1.165) is 6.07 Å². The van der Waals surface area contributed by atoms with Gasteiger partial charge in [-0.2, -0.15) is 13.2 Å². The van der Waals surface area contributed by atoms with Gasteiger partial charge in [0.15, 0.2) is 0 Å². The number of benzene rings is 1. The first-order chi connectivity index (χ1) is 8.54. The Balaban J connectivity index is 3.62. The SMILES string of the molecule is CC(C)(O)C(C)(C#C[Si])c1ccccc1C(F)(F)F. The molecule has 0 aliphatic carbocycles. The minimum atomic E-state index is -4.49. The first-order valence-electron chi connectivity index (χ1n) is 5.62. The standard InChI is InChI=1S/C14H14F3OSi/c1-12(2,18)13(3,8-9-19)10-6-4-5-7-11(10)14(15,16)17/h4-7,18H,1-3H3. The maximum atomic E-state index is 13.1. The van der Waals surface area contributed by atoms with Crippen LogP contribution in [0.5, 0.6) is 0 Å². The topological polar surface area (TPSA) is 20.2 Å². The summed E-state index contributed by atoms with van der Waals surface area (Å²) in [6, 6.07) is 5.16. The average molecular weight is 283 g/mol. The van der Waals surface area contributed by atoms with Gasteiger partial charge < -0.3 is 5.11 Å². The van der Waals surface area contributed by atoms with Gasteiger partial charge in [-0.3, -0.25) is 0 Å². The molecule has 101 valence electrons. The molecule has 1 nitrogen and oxygen atoms in total. The molecule has 0 aromatic heterocycles. The molecule has 0 spiro atoms. The number of halogens is 3. The molecule has 0 fully saturated rings. The third kappa shape index (κ3) is 3.02. The molecule has 1 aromatic rings. The Labute approximate surface area is 114 Å². The Kier molecular flexibility index (Phi) is 4.18. The van der Waals surface area contributed by atoms with Crippen molar-refractivity contribution in [3.63, 3.8) is 0 Å². The predicted octanol–water partition coefficient (Wildman–Crippen LogP) is 2.86. The number of aliphatic hydroxyl groups is 1. The van der Waals surface area contributed by atoms with Crippen LogP contribution in [0.4, 0.5) is 13.2 Å². The third-order valence-electron chi connectivity index (χ3n) is 3.31. The van der Waals surface area contributed by atoms with E-state index >= 15 is 0 Å². The Morgan fingerprint density at radius 3 is 1.89 bits per heavy atom. The van der Waals surface area contributed by atoms with Crippen molar-refractivity contribution < 1.29 is 18.3 Å². The molecule has 0 saturated heterocycles. The van der Waals surface area contributed by atoms with E-state index in [-0.39, 0.29) is 5.56 Å². The van der Waals surface area contributed by atoms with Crippen LogP contribution in [0.1, 0.15) is 31.9 Å². The lowest BCUT2D eigenvalue weighted by atomic mass is 9.69. The smallest absolute Gasteiger partial charge is 0.389 e. The molecular weight excluding hydrogens is 269 g/mol. The van der Waals surface area contributed by atoms with E-state index in [1.54, 1.807) is 0 Å². The van der Waals surface area contributed by atoms with Gasteiger partial charge >= 0.3 is 6.18 Å². The van der Waals surface area contributed by atoms with Gasteiger partial charge in [0.1, 0.15) is 10.2 Å². The van der Waals surface area contributed by atoms with Crippen molar-refractivity contribution in [1.82, 2.24) is 0 Å². The van der Waals surface area contributed by atoms with Crippen LogP contribution < -0.4 is 0 Å². The van der Waals surface area contributed by atoms with Crippen molar-refractivity contribution in [2.45, 2.75) is 38.0 Å². The highest BCUT2D eigenvalue weighted by Gasteiger charge is 2.45. The van der Waals surface area contributed by atoms with Crippen molar-refractivity contribution in [2.24, 2.45) is 0 Å². The average Bonchev–Trinajstić information content (AvgIpc) is 2.26. The van der Waals surface area contributed by atoms with Crippen molar-refractivity contribution in [3.8, 4) is 11.5 Å². The quantitative estimate of drug-likeness (QED) is 0.653. The van der Waals surface area contributed by atoms with Gasteiger partial charge in [0, 0.05) is 0 Å². The van der Waals surface area contributed by atoms with Crippen LogP contribution in [0.3, 0.4) is 0 Å². The van der Waals surface area contributed by atoms with Crippen LogP contribution in [0, 0.1) is 11.5 Å². The van der Waals surface area contributed by atoms with Crippen molar-refractivity contribution >= 4 is 10.2 Å². The van der Waals surface area contributed by atoms with Crippen LogP contribution in [0.25, 0.3) is 0 Å². The summed E-state index contributed by atoms with van der Waals surface area (Å²) in [6.07, 6.45) is -4.49. The summed E-state index contributed by atoms with van der Waals surface area (Å²) in [5.74, 6) is 2.64. The molecule has 0 aliphatic heterocycles. The van der Waals surface area contributed by atoms with Crippen LogP contribution >= 0.6 is 0 Å². The van der Waals surface area contributed by atoms with Gasteiger partial charge in [0.2, 0.25) is 0 Å². The maximum Gasteiger partial charge on any atom is 0.416 e. The summed E-state index contributed by atoms with van der Waals surface area (Å²) in [5.41, 5.74) is -1.19. The fourth-order valence-corrected chi connectivity index (χ4v) is 2.09. The Morgan fingerprint density at radius 2 is 1.53 bits per heavy atom. The first-order valence-corrected chi connectivity index (χ1v) is 6.12. The molecule has 1 aromatic carbocycles. The lowest BCUT2D eigenvalue weighted by molar-refractivity contribution is -0.139. The van der Waals surface area contributed by atoms with Gasteiger partial charge in [-0.05, 0) is 32.4 Å². The summed E-state index contributed by atoms with van der Waals surface area (Å²) in [4.78, 5) is 0. The van der Waals surface area contributed by atoms with Crippen molar-refractivity contribution in [1.29, 1.82) is 0 Å². The Hall–Kier alpha value is -1.25. The van der Waals surface area contributed by atoms with E-state index in [2.05, 4.69) is 21.7 Å². The monoisotopic (exact) mass is 283 g/mol. The molecular formula is C14H14F3OSi. The number of hydrogen-bond acceptors (Lipinski definition) is 1. The molecule has 0 bridgehead atoms. The molecule has 0 saturated carbocycles. The van der Waals surface area contributed by atoms with Crippen molar-refractivity contribution in [3.05, 3.63) is 35.4 Å². The zero-order valence-corrected chi connectivity index (χ0v) is 11.9. The largest absolute Gasteiger partial charge is 0.416 e. The Morgan fingerprint density at radius 1 is 1.05 bits per heavy atom. The summed E-state index contributed by atoms with van der Waals surface area (Å²) in [6.45, 7) is 4.37. The zero-order chi connectivity index (χ0) is 14.9. The van der Waals surface area contributed by atoms with E-state index < -0.39 is 22.8 Å². The molecule has 5 heteroatoms. The van der Waals surface area contributed by atoms with Gasteiger partial charge in [0.05, 0.1) is 16.6 Å². The molecule has 0 aliphatic rings. The second-order valence-corrected chi connectivity index (χ2v) is 5.23. The number of hydrogen-bond donors (Lipinski definition) is 1. The minimum absolute atomic E-state index is 0.0410. The molecule has 0 amide bonds. The second-order valence-electron chi connectivity index (χ2n) is 4.98. The van der Waals surface area contributed by atoms with E-state index in [1.807, 2.05) is 0 Å². The molecule has 19 heavy (non-hydrogen) atoms. The normalized spacial score (nSPS) is 15.4. The summed E-state index contributed by atoms with van der Waals surface area (Å²) in [5, 5.41) is 10.2. The third-order valence-corrected chi connectivity index (χ3v) is 3.43. The molecule has 0 heterocycles. The van der Waals surface area contributed by atoms with Gasteiger partial charge in [0.25, 0.3) is 0 Å².